The van der Waals surface area contributed by atoms with Crippen molar-refractivity contribution < 1.29 is 9.59 Å². The summed E-state index contributed by atoms with van der Waals surface area (Å²) < 4.78 is 0. The van der Waals surface area contributed by atoms with Gasteiger partial charge in [0.1, 0.15) is 0 Å². The summed E-state index contributed by atoms with van der Waals surface area (Å²) in [6, 6.07) is 16.2. The topological polar surface area (TPSA) is 40.6 Å². The van der Waals surface area contributed by atoms with Crippen LogP contribution in [0.2, 0.25) is 0 Å². The summed E-state index contributed by atoms with van der Waals surface area (Å²) in [5.41, 5.74) is 3.99. The molecule has 1 saturated heterocycles. The van der Waals surface area contributed by atoms with Crippen LogP contribution in [-0.2, 0) is 4.79 Å². The summed E-state index contributed by atoms with van der Waals surface area (Å²) in [6.45, 7) is 7.02. The van der Waals surface area contributed by atoms with Crippen molar-refractivity contribution in [1.29, 1.82) is 0 Å². The molecule has 4 heteroatoms. The van der Waals surface area contributed by atoms with Crippen molar-refractivity contribution in [3.05, 3.63) is 65.2 Å². The highest BCUT2D eigenvalue weighted by atomic mass is 16.2. The van der Waals surface area contributed by atoms with Crippen LogP contribution in [0.1, 0.15) is 34.3 Å². The molecule has 136 valence electrons. The average Bonchev–Trinajstić information content (AvgIpc) is 2.68. The number of nitrogens with zero attached hydrogens (tertiary/aromatic N) is 2. The molecule has 2 aromatic carbocycles. The Kier molecular flexibility index (Phi) is 5.71. The zero-order valence-corrected chi connectivity index (χ0v) is 15.6. The molecule has 0 bridgehead atoms. The molecule has 0 saturated carbocycles. The van der Waals surface area contributed by atoms with Crippen LogP contribution in [0.25, 0.3) is 0 Å². The smallest absolute Gasteiger partial charge is 0.223 e. The van der Waals surface area contributed by atoms with E-state index in [1.807, 2.05) is 55.1 Å². The van der Waals surface area contributed by atoms with E-state index in [-0.39, 0.29) is 24.5 Å². The molecule has 1 fully saturated rings. The van der Waals surface area contributed by atoms with Gasteiger partial charge in [-0.3, -0.25) is 9.59 Å². The minimum absolute atomic E-state index is 0.0578. The fourth-order valence-corrected chi connectivity index (χ4v) is 3.40. The van der Waals surface area contributed by atoms with Crippen molar-refractivity contribution >= 4 is 17.4 Å². The number of ketones is 1. The summed E-state index contributed by atoms with van der Waals surface area (Å²) in [5, 5.41) is 0. The van der Waals surface area contributed by atoms with Crippen molar-refractivity contribution in [3.8, 4) is 0 Å². The Morgan fingerprint density at radius 3 is 2.27 bits per heavy atom. The lowest BCUT2D eigenvalue weighted by atomic mass is 9.99. The van der Waals surface area contributed by atoms with Crippen LogP contribution in [0.4, 0.5) is 5.69 Å². The number of piperazine rings is 1. The Bertz CT molecular complexity index is 778. The molecular formula is C22H26N2O2. The van der Waals surface area contributed by atoms with Gasteiger partial charge in [-0.25, -0.2) is 0 Å². The lowest BCUT2D eigenvalue weighted by molar-refractivity contribution is -0.131. The number of carbonyl (C=O) groups is 2. The second kappa shape index (κ2) is 8.17. The van der Waals surface area contributed by atoms with E-state index < -0.39 is 0 Å². The van der Waals surface area contributed by atoms with Crippen LogP contribution in [0.15, 0.2) is 48.5 Å². The third-order valence-corrected chi connectivity index (χ3v) is 5.01. The van der Waals surface area contributed by atoms with Crippen LogP contribution in [0.3, 0.4) is 0 Å². The minimum Gasteiger partial charge on any atom is -0.368 e. The van der Waals surface area contributed by atoms with Gasteiger partial charge in [-0.1, -0.05) is 35.9 Å². The molecule has 0 radical (unpaired) electrons. The molecule has 0 unspecified atom stereocenters. The lowest BCUT2D eigenvalue weighted by Crippen LogP contribution is -2.48. The van der Waals surface area contributed by atoms with Crippen molar-refractivity contribution in [3.63, 3.8) is 0 Å². The predicted molar refractivity (Wildman–Crippen MR) is 105 cm³/mol. The van der Waals surface area contributed by atoms with E-state index in [0.717, 1.165) is 29.8 Å². The molecule has 0 atom stereocenters. The summed E-state index contributed by atoms with van der Waals surface area (Å²) in [5.74, 6) is 0.138. The zero-order chi connectivity index (χ0) is 18.5. The van der Waals surface area contributed by atoms with Crippen LogP contribution in [-0.4, -0.2) is 42.8 Å². The minimum atomic E-state index is 0.0578. The molecule has 0 aliphatic carbocycles. The third-order valence-electron chi connectivity index (χ3n) is 5.01. The van der Waals surface area contributed by atoms with E-state index in [1.54, 1.807) is 0 Å². The molecule has 2 aromatic rings. The van der Waals surface area contributed by atoms with E-state index in [2.05, 4.69) is 17.0 Å². The number of hydrogen-bond acceptors (Lipinski definition) is 3. The maximum atomic E-state index is 12.5. The molecule has 1 heterocycles. The normalized spacial score (nSPS) is 14.4. The first-order chi connectivity index (χ1) is 12.5. The predicted octanol–water partition coefficient (Wildman–Crippen LogP) is 3.62. The molecule has 4 nitrogen and oxygen atoms in total. The maximum absolute atomic E-state index is 12.5. The van der Waals surface area contributed by atoms with Gasteiger partial charge in [0.25, 0.3) is 0 Å². The Morgan fingerprint density at radius 1 is 0.885 bits per heavy atom. The van der Waals surface area contributed by atoms with Gasteiger partial charge in [0.05, 0.1) is 0 Å². The molecule has 0 N–H and O–H groups in total. The van der Waals surface area contributed by atoms with Gasteiger partial charge in [-0.05, 0) is 37.6 Å². The van der Waals surface area contributed by atoms with E-state index >= 15 is 0 Å². The second-order valence-corrected chi connectivity index (χ2v) is 6.94. The van der Waals surface area contributed by atoms with Crippen LogP contribution >= 0.6 is 0 Å². The van der Waals surface area contributed by atoms with Crippen molar-refractivity contribution in [1.82, 2.24) is 4.90 Å². The van der Waals surface area contributed by atoms with Gasteiger partial charge in [-0.15, -0.1) is 0 Å². The first-order valence-corrected chi connectivity index (χ1v) is 9.23. The van der Waals surface area contributed by atoms with Gasteiger partial charge >= 0.3 is 0 Å². The Labute approximate surface area is 155 Å². The molecule has 0 spiro atoms. The molecule has 1 aliphatic heterocycles. The van der Waals surface area contributed by atoms with Crippen LogP contribution < -0.4 is 4.90 Å². The number of amides is 1. The monoisotopic (exact) mass is 350 g/mol. The van der Waals surface area contributed by atoms with Crippen molar-refractivity contribution in [2.75, 3.05) is 31.1 Å². The molecule has 26 heavy (non-hydrogen) atoms. The number of Topliss-reactive ketones (excluding diaryl/α,β-unsaturated/α-hetero) is 1. The first-order valence-electron chi connectivity index (χ1n) is 9.23. The van der Waals surface area contributed by atoms with Crippen LogP contribution in [0, 0.1) is 13.8 Å². The highest BCUT2D eigenvalue weighted by Gasteiger charge is 2.22. The van der Waals surface area contributed by atoms with E-state index in [9.17, 15) is 9.59 Å². The van der Waals surface area contributed by atoms with Gasteiger partial charge in [-0.2, -0.15) is 0 Å². The summed E-state index contributed by atoms with van der Waals surface area (Å²) in [4.78, 5) is 29.1. The Hall–Kier alpha value is -2.62. The summed E-state index contributed by atoms with van der Waals surface area (Å²) in [6.07, 6.45) is 0.569. The van der Waals surface area contributed by atoms with Crippen molar-refractivity contribution in [2.24, 2.45) is 0 Å². The largest absolute Gasteiger partial charge is 0.368 e. The quantitative estimate of drug-likeness (QED) is 0.774. The second-order valence-electron chi connectivity index (χ2n) is 6.94. The number of para-hydroxylation sites is 1. The maximum Gasteiger partial charge on any atom is 0.223 e. The number of carbonyl (C=O) groups excluding carboxylic acids is 2. The molecule has 1 aliphatic rings. The van der Waals surface area contributed by atoms with Gasteiger partial charge in [0.2, 0.25) is 5.91 Å². The molecule has 0 aromatic heterocycles. The Balaban J connectivity index is 1.50. The summed E-state index contributed by atoms with van der Waals surface area (Å²) in [7, 11) is 0. The molecular weight excluding hydrogens is 324 g/mol. The van der Waals surface area contributed by atoms with E-state index in [0.29, 0.717) is 13.1 Å². The van der Waals surface area contributed by atoms with Gasteiger partial charge < -0.3 is 9.80 Å². The van der Waals surface area contributed by atoms with E-state index in [4.69, 9.17) is 0 Å². The number of rotatable bonds is 5. The number of hydrogen-bond donors (Lipinski definition) is 0. The highest BCUT2D eigenvalue weighted by Crippen LogP contribution is 2.17. The number of anilines is 1. The standard InChI is InChI=1S/C22H26N2O2/c1-17-8-9-18(2)20(16-17)21(25)10-11-22(26)24-14-12-23(13-15-24)19-6-4-3-5-7-19/h3-9,16H,10-15H2,1-2H3. The number of benzene rings is 2. The van der Waals surface area contributed by atoms with Crippen molar-refractivity contribution in [2.45, 2.75) is 26.7 Å². The SMILES string of the molecule is Cc1ccc(C)c(C(=O)CCC(=O)N2CCN(c3ccccc3)CC2)c1. The van der Waals surface area contributed by atoms with Gasteiger partial charge in [0, 0.05) is 50.3 Å². The molecule has 1 amide bonds. The summed E-state index contributed by atoms with van der Waals surface area (Å²) >= 11 is 0. The fraction of sp³-hybridized carbons (Fsp3) is 0.364. The van der Waals surface area contributed by atoms with E-state index in [1.165, 1.54) is 5.69 Å². The van der Waals surface area contributed by atoms with Gasteiger partial charge in [0.15, 0.2) is 5.78 Å². The fourth-order valence-electron chi connectivity index (χ4n) is 3.40. The first kappa shape index (κ1) is 18.2. The molecule has 3 rings (SSSR count). The average molecular weight is 350 g/mol. The third kappa shape index (κ3) is 4.31. The Morgan fingerprint density at radius 2 is 1.58 bits per heavy atom. The zero-order valence-electron chi connectivity index (χ0n) is 15.6. The number of aryl methyl sites for hydroxylation is 2. The lowest BCUT2D eigenvalue weighted by Gasteiger charge is -2.36. The van der Waals surface area contributed by atoms with Crippen LogP contribution in [0.5, 0.6) is 0 Å². The highest BCUT2D eigenvalue weighted by molar-refractivity contribution is 5.99.